The molecule has 0 aromatic heterocycles. The summed E-state index contributed by atoms with van der Waals surface area (Å²) in [5.74, 6) is 0. The first-order valence-electron chi connectivity index (χ1n) is 5.86. The summed E-state index contributed by atoms with van der Waals surface area (Å²) in [6, 6.07) is 6.13. The van der Waals surface area contributed by atoms with Crippen LogP contribution in [0.25, 0.3) is 0 Å². The standard InChI is InChI=1S/C13H19Cl2N/c1-3-5-13(16-6-4-2)10-7-11(14)9-12(15)8-10/h7-9,13,16H,3-6H2,1-2H3. The van der Waals surface area contributed by atoms with Crippen LogP contribution in [0.4, 0.5) is 0 Å². The van der Waals surface area contributed by atoms with Crippen molar-refractivity contribution < 1.29 is 0 Å². The van der Waals surface area contributed by atoms with Crippen LogP contribution in [0.3, 0.4) is 0 Å². The topological polar surface area (TPSA) is 12.0 Å². The van der Waals surface area contributed by atoms with Crippen LogP contribution in [0, 0.1) is 0 Å². The van der Waals surface area contributed by atoms with Gasteiger partial charge in [-0.25, -0.2) is 0 Å². The van der Waals surface area contributed by atoms with E-state index in [4.69, 9.17) is 23.2 Å². The highest BCUT2D eigenvalue weighted by molar-refractivity contribution is 6.34. The van der Waals surface area contributed by atoms with E-state index < -0.39 is 0 Å². The van der Waals surface area contributed by atoms with Crippen LogP contribution in [0.2, 0.25) is 10.0 Å². The van der Waals surface area contributed by atoms with Crippen LogP contribution in [-0.4, -0.2) is 6.54 Å². The summed E-state index contributed by atoms with van der Waals surface area (Å²) in [5.41, 5.74) is 1.19. The second kappa shape index (κ2) is 7.16. The lowest BCUT2D eigenvalue weighted by Gasteiger charge is -2.18. The Hall–Kier alpha value is -0.240. The Morgan fingerprint density at radius 3 is 2.19 bits per heavy atom. The zero-order chi connectivity index (χ0) is 12.0. The van der Waals surface area contributed by atoms with Gasteiger partial charge in [0.2, 0.25) is 0 Å². The van der Waals surface area contributed by atoms with Gasteiger partial charge in [-0.15, -0.1) is 0 Å². The fourth-order valence-electron chi connectivity index (χ4n) is 1.77. The monoisotopic (exact) mass is 259 g/mol. The molecule has 0 heterocycles. The van der Waals surface area contributed by atoms with Crippen molar-refractivity contribution in [2.24, 2.45) is 0 Å². The van der Waals surface area contributed by atoms with Crippen LogP contribution >= 0.6 is 23.2 Å². The third-order valence-electron chi connectivity index (χ3n) is 2.51. The zero-order valence-electron chi connectivity index (χ0n) is 9.89. The molecule has 1 aromatic rings. The summed E-state index contributed by atoms with van der Waals surface area (Å²) in [4.78, 5) is 0. The zero-order valence-corrected chi connectivity index (χ0v) is 11.4. The summed E-state index contributed by atoms with van der Waals surface area (Å²) in [7, 11) is 0. The Kier molecular flexibility index (Phi) is 6.18. The van der Waals surface area contributed by atoms with Gasteiger partial charge in [0.15, 0.2) is 0 Å². The molecule has 0 fully saturated rings. The maximum absolute atomic E-state index is 6.02. The van der Waals surface area contributed by atoms with Crippen molar-refractivity contribution in [1.29, 1.82) is 0 Å². The maximum Gasteiger partial charge on any atom is 0.0424 e. The van der Waals surface area contributed by atoms with Crippen LogP contribution < -0.4 is 5.32 Å². The first-order chi connectivity index (χ1) is 7.67. The minimum absolute atomic E-state index is 0.362. The minimum Gasteiger partial charge on any atom is -0.310 e. The lowest BCUT2D eigenvalue weighted by atomic mass is 10.0. The van der Waals surface area contributed by atoms with Gasteiger partial charge in [0, 0.05) is 16.1 Å². The Morgan fingerprint density at radius 2 is 1.69 bits per heavy atom. The van der Waals surface area contributed by atoms with E-state index >= 15 is 0 Å². The number of nitrogens with one attached hydrogen (secondary N) is 1. The van der Waals surface area contributed by atoms with Crippen molar-refractivity contribution in [2.45, 2.75) is 39.2 Å². The molecule has 1 nitrogen and oxygen atoms in total. The SMILES string of the molecule is CCCNC(CCC)c1cc(Cl)cc(Cl)c1. The molecule has 1 rings (SSSR count). The molecule has 0 saturated heterocycles. The van der Waals surface area contributed by atoms with Crippen LogP contribution in [0.1, 0.15) is 44.7 Å². The van der Waals surface area contributed by atoms with Gasteiger partial charge in [0.1, 0.15) is 0 Å². The number of hydrogen-bond donors (Lipinski definition) is 1. The van der Waals surface area contributed by atoms with E-state index in [-0.39, 0.29) is 0 Å². The summed E-state index contributed by atoms with van der Waals surface area (Å²) in [5, 5.41) is 4.94. The second-order valence-corrected chi connectivity index (χ2v) is 4.87. The van der Waals surface area contributed by atoms with E-state index in [0.29, 0.717) is 16.1 Å². The van der Waals surface area contributed by atoms with Crippen molar-refractivity contribution in [2.75, 3.05) is 6.54 Å². The average molecular weight is 260 g/mol. The number of rotatable bonds is 6. The van der Waals surface area contributed by atoms with Gasteiger partial charge in [-0.2, -0.15) is 0 Å². The molecule has 1 aromatic carbocycles. The Labute approximate surface area is 108 Å². The third kappa shape index (κ3) is 4.32. The number of benzene rings is 1. The van der Waals surface area contributed by atoms with E-state index in [0.717, 1.165) is 25.8 Å². The van der Waals surface area contributed by atoms with E-state index in [1.54, 1.807) is 6.07 Å². The van der Waals surface area contributed by atoms with Crippen molar-refractivity contribution in [1.82, 2.24) is 5.32 Å². The molecule has 0 aliphatic rings. The van der Waals surface area contributed by atoms with Crippen LogP contribution in [0.15, 0.2) is 18.2 Å². The molecule has 0 bridgehead atoms. The Balaban J connectivity index is 2.82. The average Bonchev–Trinajstić information content (AvgIpc) is 2.22. The van der Waals surface area contributed by atoms with E-state index in [2.05, 4.69) is 19.2 Å². The van der Waals surface area contributed by atoms with Crippen molar-refractivity contribution in [3.63, 3.8) is 0 Å². The molecule has 1 atom stereocenters. The number of halogens is 2. The lowest BCUT2D eigenvalue weighted by Crippen LogP contribution is -2.22. The largest absolute Gasteiger partial charge is 0.310 e. The summed E-state index contributed by atoms with van der Waals surface area (Å²) >= 11 is 12.0. The molecule has 0 aliphatic carbocycles. The van der Waals surface area contributed by atoms with Gasteiger partial charge in [-0.05, 0) is 43.1 Å². The Bertz CT molecular complexity index is 305. The highest BCUT2D eigenvalue weighted by atomic mass is 35.5. The third-order valence-corrected chi connectivity index (χ3v) is 2.94. The lowest BCUT2D eigenvalue weighted by molar-refractivity contribution is 0.494. The number of hydrogen-bond acceptors (Lipinski definition) is 1. The molecular weight excluding hydrogens is 241 g/mol. The van der Waals surface area contributed by atoms with Gasteiger partial charge in [-0.1, -0.05) is 43.5 Å². The fourth-order valence-corrected chi connectivity index (χ4v) is 2.31. The second-order valence-electron chi connectivity index (χ2n) is 4.00. The van der Waals surface area contributed by atoms with Gasteiger partial charge < -0.3 is 5.32 Å². The van der Waals surface area contributed by atoms with Crippen molar-refractivity contribution in [3.05, 3.63) is 33.8 Å². The molecule has 3 heteroatoms. The van der Waals surface area contributed by atoms with E-state index in [1.165, 1.54) is 5.56 Å². The predicted octanol–water partition coefficient (Wildman–Crippen LogP) is 4.83. The van der Waals surface area contributed by atoms with Crippen LogP contribution in [0.5, 0.6) is 0 Å². The summed E-state index contributed by atoms with van der Waals surface area (Å²) < 4.78 is 0. The molecule has 0 radical (unpaired) electrons. The highest BCUT2D eigenvalue weighted by Gasteiger charge is 2.10. The smallest absolute Gasteiger partial charge is 0.0424 e. The normalized spacial score (nSPS) is 12.8. The van der Waals surface area contributed by atoms with Crippen LogP contribution in [-0.2, 0) is 0 Å². The van der Waals surface area contributed by atoms with Gasteiger partial charge >= 0.3 is 0 Å². The predicted molar refractivity (Wildman–Crippen MR) is 72.4 cm³/mol. The molecule has 90 valence electrons. The Morgan fingerprint density at radius 1 is 1.06 bits per heavy atom. The molecule has 0 saturated carbocycles. The van der Waals surface area contributed by atoms with E-state index in [1.807, 2.05) is 12.1 Å². The molecular formula is C13H19Cl2N. The van der Waals surface area contributed by atoms with Gasteiger partial charge in [0.05, 0.1) is 0 Å². The van der Waals surface area contributed by atoms with Gasteiger partial charge in [-0.3, -0.25) is 0 Å². The first kappa shape index (κ1) is 13.8. The highest BCUT2D eigenvalue weighted by Crippen LogP contribution is 2.26. The summed E-state index contributed by atoms with van der Waals surface area (Å²) in [6.07, 6.45) is 3.39. The minimum atomic E-state index is 0.362. The quantitative estimate of drug-likeness (QED) is 0.772. The molecule has 0 amide bonds. The van der Waals surface area contributed by atoms with E-state index in [9.17, 15) is 0 Å². The molecule has 16 heavy (non-hydrogen) atoms. The summed E-state index contributed by atoms with van der Waals surface area (Å²) in [6.45, 7) is 5.38. The molecule has 0 aliphatic heterocycles. The first-order valence-corrected chi connectivity index (χ1v) is 6.62. The maximum atomic E-state index is 6.02. The fraction of sp³-hybridized carbons (Fsp3) is 0.538. The molecule has 1 unspecified atom stereocenters. The molecule has 0 spiro atoms. The van der Waals surface area contributed by atoms with Crippen molar-refractivity contribution in [3.8, 4) is 0 Å². The van der Waals surface area contributed by atoms with Crippen molar-refractivity contribution >= 4 is 23.2 Å². The molecule has 1 N–H and O–H groups in total. The van der Waals surface area contributed by atoms with Gasteiger partial charge in [0.25, 0.3) is 0 Å².